The molecular formula is C22H27N3O6S2. The minimum Gasteiger partial charge on any atom is -0.493 e. The Morgan fingerprint density at radius 3 is 2.52 bits per heavy atom. The molecule has 0 radical (unpaired) electrons. The van der Waals surface area contributed by atoms with Crippen molar-refractivity contribution >= 4 is 39.1 Å². The van der Waals surface area contributed by atoms with Crippen LogP contribution >= 0.6 is 11.8 Å². The highest BCUT2D eigenvalue weighted by atomic mass is 32.2. The van der Waals surface area contributed by atoms with Crippen molar-refractivity contribution in [3.05, 3.63) is 47.5 Å². The number of hydrogen-bond donors (Lipinski definition) is 3. The van der Waals surface area contributed by atoms with E-state index in [0.29, 0.717) is 22.7 Å². The summed E-state index contributed by atoms with van der Waals surface area (Å²) in [5.41, 5.74) is 1.35. The fraction of sp³-hybridized carbons (Fsp3) is 0.364. The van der Waals surface area contributed by atoms with Crippen LogP contribution < -0.4 is 25.4 Å². The average Bonchev–Trinajstić information content (AvgIpc) is 2.79. The Hall–Kier alpha value is -2.76. The summed E-state index contributed by atoms with van der Waals surface area (Å²) in [5.74, 6) is 0.200. The Labute approximate surface area is 197 Å². The Kier molecular flexibility index (Phi) is 7.88. The van der Waals surface area contributed by atoms with Crippen molar-refractivity contribution in [1.29, 1.82) is 0 Å². The molecule has 11 heteroatoms. The lowest BCUT2D eigenvalue weighted by molar-refractivity contribution is -0.122. The molecule has 2 aromatic rings. The van der Waals surface area contributed by atoms with Crippen LogP contribution in [0.15, 0.2) is 41.3 Å². The van der Waals surface area contributed by atoms with Crippen LogP contribution in [0.2, 0.25) is 0 Å². The van der Waals surface area contributed by atoms with E-state index in [1.807, 2.05) is 6.07 Å². The first kappa shape index (κ1) is 24.9. The highest BCUT2D eigenvalue weighted by Gasteiger charge is 2.39. The van der Waals surface area contributed by atoms with Crippen LogP contribution in [0, 0.1) is 13.8 Å². The standard InChI is InChI=1S/C22H27N3O6S2/c1-13-5-6-14(2)18(9-13)33(28,29)19-11-23-22(25-21(19)27)32-12-20(26)24-15-7-8-16(30-3)17(10-15)31-4/h5-10,19,22-23H,11-12H2,1-4H3,(H,24,26)(H,25,27). The number of ether oxygens (including phenoxy) is 2. The lowest BCUT2D eigenvalue weighted by Crippen LogP contribution is -2.59. The zero-order valence-electron chi connectivity index (χ0n) is 18.8. The van der Waals surface area contributed by atoms with E-state index in [9.17, 15) is 18.0 Å². The number of nitrogens with one attached hydrogen (secondary N) is 3. The second kappa shape index (κ2) is 10.4. The van der Waals surface area contributed by atoms with Crippen molar-refractivity contribution in [3.63, 3.8) is 0 Å². The van der Waals surface area contributed by atoms with Crippen molar-refractivity contribution < 1.29 is 27.5 Å². The maximum absolute atomic E-state index is 13.1. The van der Waals surface area contributed by atoms with Gasteiger partial charge in [-0.2, -0.15) is 0 Å². The Balaban J connectivity index is 1.57. The van der Waals surface area contributed by atoms with Gasteiger partial charge >= 0.3 is 0 Å². The monoisotopic (exact) mass is 493 g/mol. The number of amides is 2. The van der Waals surface area contributed by atoms with Crippen molar-refractivity contribution in [2.75, 3.05) is 31.8 Å². The zero-order chi connectivity index (χ0) is 24.2. The minimum atomic E-state index is -3.86. The summed E-state index contributed by atoms with van der Waals surface area (Å²) >= 11 is 1.15. The van der Waals surface area contributed by atoms with Gasteiger partial charge in [0.1, 0.15) is 5.50 Å². The number of benzene rings is 2. The van der Waals surface area contributed by atoms with Crippen LogP contribution in [0.3, 0.4) is 0 Å². The number of carbonyl (C=O) groups excluding carboxylic acids is 2. The third-order valence-corrected chi connectivity index (χ3v) is 8.36. The van der Waals surface area contributed by atoms with E-state index in [1.54, 1.807) is 44.2 Å². The Morgan fingerprint density at radius 2 is 1.85 bits per heavy atom. The van der Waals surface area contributed by atoms with E-state index in [4.69, 9.17) is 9.47 Å². The number of anilines is 1. The molecule has 1 saturated heterocycles. The van der Waals surface area contributed by atoms with Crippen molar-refractivity contribution in [2.24, 2.45) is 0 Å². The molecule has 9 nitrogen and oxygen atoms in total. The normalized spacial score (nSPS) is 18.4. The molecule has 2 amide bonds. The molecule has 1 aliphatic heterocycles. The van der Waals surface area contributed by atoms with E-state index < -0.39 is 26.5 Å². The van der Waals surface area contributed by atoms with Gasteiger partial charge in [-0.05, 0) is 43.2 Å². The van der Waals surface area contributed by atoms with Gasteiger partial charge in [-0.25, -0.2) is 8.42 Å². The van der Waals surface area contributed by atoms with E-state index in [2.05, 4.69) is 16.0 Å². The SMILES string of the molecule is COc1ccc(NC(=O)CSC2NCC(S(=O)(=O)c3cc(C)ccc3C)C(=O)N2)cc1OC. The van der Waals surface area contributed by atoms with E-state index in [0.717, 1.165) is 17.3 Å². The summed E-state index contributed by atoms with van der Waals surface area (Å²) in [7, 11) is -0.829. The fourth-order valence-electron chi connectivity index (χ4n) is 3.37. The molecule has 0 aliphatic carbocycles. The molecule has 2 aromatic carbocycles. The quantitative estimate of drug-likeness (QED) is 0.509. The van der Waals surface area contributed by atoms with E-state index in [-0.39, 0.29) is 23.1 Å². The summed E-state index contributed by atoms with van der Waals surface area (Å²) in [6.07, 6.45) is 0. The van der Waals surface area contributed by atoms with Gasteiger partial charge in [-0.3, -0.25) is 14.9 Å². The van der Waals surface area contributed by atoms with Gasteiger partial charge in [-0.15, -0.1) is 11.8 Å². The second-order valence-electron chi connectivity index (χ2n) is 7.53. The molecule has 1 heterocycles. The van der Waals surface area contributed by atoms with Gasteiger partial charge in [0.15, 0.2) is 26.6 Å². The number of thioether (sulfide) groups is 1. The highest BCUT2D eigenvalue weighted by Crippen LogP contribution is 2.30. The van der Waals surface area contributed by atoms with Gasteiger partial charge < -0.3 is 20.1 Å². The molecule has 0 bridgehead atoms. The highest BCUT2D eigenvalue weighted by molar-refractivity contribution is 8.00. The molecule has 0 spiro atoms. The third-order valence-electron chi connectivity index (χ3n) is 5.13. The fourth-order valence-corrected chi connectivity index (χ4v) is 6.01. The van der Waals surface area contributed by atoms with Gasteiger partial charge in [0.2, 0.25) is 11.8 Å². The Bertz CT molecular complexity index is 1150. The molecule has 178 valence electrons. The predicted molar refractivity (Wildman–Crippen MR) is 127 cm³/mol. The smallest absolute Gasteiger partial charge is 0.241 e. The molecule has 0 saturated carbocycles. The Morgan fingerprint density at radius 1 is 1.12 bits per heavy atom. The summed E-state index contributed by atoms with van der Waals surface area (Å²) in [6.45, 7) is 3.46. The van der Waals surface area contributed by atoms with Crippen LogP contribution in [0.4, 0.5) is 5.69 Å². The molecule has 1 fully saturated rings. The lowest BCUT2D eigenvalue weighted by Gasteiger charge is -2.30. The van der Waals surface area contributed by atoms with E-state index >= 15 is 0 Å². The number of hydrogen-bond acceptors (Lipinski definition) is 8. The number of aryl methyl sites for hydroxylation is 2. The summed E-state index contributed by atoms with van der Waals surface area (Å²) < 4.78 is 36.5. The van der Waals surface area contributed by atoms with Gasteiger partial charge in [0, 0.05) is 18.3 Å². The number of sulfone groups is 1. The summed E-state index contributed by atoms with van der Waals surface area (Å²) in [4.78, 5) is 25.1. The van der Waals surface area contributed by atoms with Crippen LogP contribution in [0.25, 0.3) is 0 Å². The van der Waals surface area contributed by atoms with Gasteiger partial charge in [-0.1, -0.05) is 12.1 Å². The molecule has 33 heavy (non-hydrogen) atoms. The topological polar surface area (TPSA) is 123 Å². The number of carbonyl (C=O) groups is 2. The van der Waals surface area contributed by atoms with Crippen molar-refractivity contribution in [1.82, 2.24) is 10.6 Å². The molecule has 3 rings (SSSR count). The van der Waals surface area contributed by atoms with E-state index in [1.165, 1.54) is 14.2 Å². The minimum absolute atomic E-state index is 0.0424. The average molecular weight is 494 g/mol. The summed E-state index contributed by atoms with van der Waals surface area (Å²) in [5, 5.41) is 7.16. The molecule has 0 aromatic heterocycles. The first-order valence-corrected chi connectivity index (χ1v) is 12.7. The molecular weight excluding hydrogens is 466 g/mol. The predicted octanol–water partition coefficient (Wildman–Crippen LogP) is 1.84. The second-order valence-corrected chi connectivity index (χ2v) is 10.7. The van der Waals surface area contributed by atoms with Crippen molar-refractivity contribution in [2.45, 2.75) is 29.5 Å². The van der Waals surface area contributed by atoms with Crippen LogP contribution in [-0.2, 0) is 19.4 Å². The number of rotatable bonds is 8. The largest absolute Gasteiger partial charge is 0.493 e. The molecule has 2 atom stereocenters. The first-order chi connectivity index (χ1) is 15.6. The first-order valence-electron chi connectivity index (χ1n) is 10.1. The lowest BCUT2D eigenvalue weighted by atomic mass is 10.2. The van der Waals surface area contributed by atoms with Crippen LogP contribution in [-0.4, -0.2) is 57.5 Å². The maximum atomic E-state index is 13.1. The number of methoxy groups -OCH3 is 2. The molecule has 2 unspecified atom stereocenters. The van der Waals surface area contributed by atoms with Gasteiger partial charge in [0.05, 0.1) is 24.9 Å². The van der Waals surface area contributed by atoms with Gasteiger partial charge in [0.25, 0.3) is 0 Å². The molecule has 3 N–H and O–H groups in total. The van der Waals surface area contributed by atoms with Crippen molar-refractivity contribution in [3.8, 4) is 11.5 Å². The zero-order valence-corrected chi connectivity index (χ0v) is 20.4. The maximum Gasteiger partial charge on any atom is 0.241 e. The van der Waals surface area contributed by atoms with Crippen LogP contribution in [0.1, 0.15) is 11.1 Å². The molecule has 1 aliphatic rings. The third kappa shape index (κ3) is 5.79. The summed E-state index contributed by atoms with van der Waals surface area (Å²) in [6, 6.07) is 10.1. The van der Waals surface area contributed by atoms with Crippen LogP contribution in [0.5, 0.6) is 11.5 Å².